The van der Waals surface area contributed by atoms with E-state index in [1.165, 1.54) is 12.1 Å². The van der Waals surface area contributed by atoms with Crippen molar-refractivity contribution >= 4 is 9.84 Å². The van der Waals surface area contributed by atoms with E-state index in [0.717, 1.165) is 24.5 Å². The van der Waals surface area contributed by atoms with E-state index in [4.69, 9.17) is 15.7 Å². The molecule has 0 saturated heterocycles. The largest absolute Gasteiger partial charge is 0.457 e. The number of rotatable bonds is 3. The predicted molar refractivity (Wildman–Crippen MR) is 86.3 cm³/mol. The molecule has 0 spiro atoms. The highest BCUT2D eigenvalue weighted by molar-refractivity contribution is 7.90. The Morgan fingerprint density at radius 3 is 2.62 bits per heavy atom. The summed E-state index contributed by atoms with van der Waals surface area (Å²) in [6.07, 6.45) is 0.0979. The van der Waals surface area contributed by atoms with Gasteiger partial charge in [-0.2, -0.15) is 5.26 Å². The highest BCUT2D eigenvalue weighted by Crippen LogP contribution is 2.48. The number of nitrogens with zero attached hydrogens (tertiary/aromatic N) is 1. The van der Waals surface area contributed by atoms with E-state index in [9.17, 15) is 21.6 Å². The van der Waals surface area contributed by atoms with Crippen LogP contribution in [-0.2, 0) is 16.3 Å². The molecule has 0 aromatic heterocycles. The maximum absolute atomic E-state index is 14.1. The average molecular weight is 382 g/mol. The highest BCUT2D eigenvalue weighted by atomic mass is 32.2. The quantitative estimate of drug-likeness (QED) is 0.881. The van der Waals surface area contributed by atoms with Crippen LogP contribution in [0.2, 0.25) is 0 Å². The SMILES string of the molecule is CS(=O)(=O)c1ccc(Oc2cc(F)cc(C#N)c2)c2c1[C@@H](N)C(F)(F)C2. The molecule has 0 heterocycles. The minimum absolute atomic E-state index is 0.00793. The first kappa shape index (κ1) is 18.2. The van der Waals surface area contributed by atoms with E-state index in [2.05, 4.69) is 0 Å². The number of fused-ring (bicyclic) bond motifs is 1. The summed E-state index contributed by atoms with van der Waals surface area (Å²) in [5, 5.41) is 8.88. The van der Waals surface area contributed by atoms with Crippen LogP contribution in [0.5, 0.6) is 11.5 Å². The highest BCUT2D eigenvalue weighted by Gasteiger charge is 2.49. The molecule has 0 saturated carbocycles. The first-order chi connectivity index (χ1) is 12.0. The maximum atomic E-state index is 14.1. The van der Waals surface area contributed by atoms with E-state index >= 15 is 0 Å². The van der Waals surface area contributed by atoms with E-state index in [-0.39, 0.29) is 33.1 Å². The first-order valence-electron chi connectivity index (χ1n) is 7.41. The summed E-state index contributed by atoms with van der Waals surface area (Å²) in [4.78, 5) is -0.290. The smallest absolute Gasteiger partial charge is 0.271 e. The number of ether oxygens (including phenoxy) is 1. The molecule has 1 aliphatic carbocycles. The molecule has 26 heavy (non-hydrogen) atoms. The normalized spacial score (nSPS) is 18.2. The lowest BCUT2D eigenvalue weighted by Crippen LogP contribution is -2.29. The van der Waals surface area contributed by atoms with Crippen LogP contribution in [0, 0.1) is 17.1 Å². The van der Waals surface area contributed by atoms with Gasteiger partial charge < -0.3 is 10.5 Å². The van der Waals surface area contributed by atoms with Crippen LogP contribution in [0.15, 0.2) is 35.2 Å². The number of hydrogen-bond acceptors (Lipinski definition) is 5. The number of nitriles is 1. The zero-order valence-electron chi connectivity index (χ0n) is 13.5. The lowest BCUT2D eigenvalue weighted by molar-refractivity contribution is -0.0141. The second kappa shape index (κ2) is 6.00. The fourth-order valence-electron chi connectivity index (χ4n) is 2.94. The lowest BCUT2D eigenvalue weighted by Gasteiger charge is -2.16. The van der Waals surface area contributed by atoms with Crippen molar-refractivity contribution in [1.82, 2.24) is 0 Å². The predicted octanol–water partition coefficient (Wildman–Crippen LogP) is 3.08. The van der Waals surface area contributed by atoms with Crippen molar-refractivity contribution in [2.45, 2.75) is 23.3 Å². The van der Waals surface area contributed by atoms with Gasteiger partial charge in [-0.05, 0) is 24.3 Å². The third-order valence-electron chi connectivity index (χ3n) is 4.08. The van der Waals surface area contributed by atoms with Gasteiger partial charge >= 0.3 is 0 Å². The van der Waals surface area contributed by atoms with E-state index in [1.807, 2.05) is 0 Å². The molecule has 0 bridgehead atoms. The van der Waals surface area contributed by atoms with Crippen LogP contribution in [0.4, 0.5) is 13.2 Å². The first-order valence-corrected chi connectivity index (χ1v) is 9.30. The molecule has 9 heteroatoms. The van der Waals surface area contributed by atoms with Crippen LogP contribution >= 0.6 is 0 Å². The second-order valence-electron chi connectivity index (χ2n) is 6.03. The molecule has 2 N–H and O–H groups in total. The average Bonchev–Trinajstić information content (AvgIpc) is 2.77. The van der Waals surface area contributed by atoms with Crippen LogP contribution in [0.25, 0.3) is 0 Å². The van der Waals surface area contributed by atoms with Gasteiger partial charge in [-0.15, -0.1) is 0 Å². The zero-order chi connectivity index (χ0) is 19.3. The van der Waals surface area contributed by atoms with Gasteiger partial charge in [0.05, 0.1) is 22.6 Å². The molecular weight excluding hydrogens is 369 g/mol. The van der Waals surface area contributed by atoms with E-state index in [0.29, 0.717) is 0 Å². The van der Waals surface area contributed by atoms with Gasteiger partial charge in [0, 0.05) is 29.9 Å². The van der Waals surface area contributed by atoms with Gasteiger partial charge in [-0.25, -0.2) is 21.6 Å². The molecule has 0 radical (unpaired) electrons. The molecule has 2 aromatic rings. The Kier molecular flexibility index (Phi) is 4.21. The fourth-order valence-corrected chi connectivity index (χ4v) is 3.90. The standard InChI is InChI=1S/C17H13F3N2O3S/c1-26(23,24)14-3-2-13(12-7-17(19,20)16(22)15(12)14)25-11-5-9(8-21)4-10(18)6-11/h2-6,16H,7,22H2,1H3/t16-/m1/s1. The number of benzene rings is 2. The van der Waals surface area contributed by atoms with Crippen LogP contribution in [0.3, 0.4) is 0 Å². The van der Waals surface area contributed by atoms with Gasteiger partial charge in [0.15, 0.2) is 9.84 Å². The van der Waals surface area contributed by atoms with Crippen molar-refractivity contribution in [2.24, 2.45) is 5.73 Å². The summed E-state index contributed by atoms with van der Waals surface area (Å²) < 4.78 is 71.1. The molecule has 5 nitrogen and oxygen atoms in total. The Hall–Kier alpha value is -2.57. The van der Waals surface area contributed by atoms with Crippen molar-refractivity contribution in [1.29, 1.82) is 5.26 Å². The molecule has 3 rings (SSSR count). The van der Waals surface area contributed by atoms with Crippen molar-refractivity contribution in [3.05, 3.63) is 52.8 Å². The van der Waals surface area contributed by atoms with Gasteiger partial charge in [0.25, 0.3) is 5.92 Å². The molecular formula is C17H13F3N2O3S. The molecule has 2 aromatic carbocycles. The molecule has 0 unspecified atom stereocenters. The van der Waals surface area contributed by atoms with Gasteiger partial charge in [0.2, 0.25) is 0 Å². The van der Waals surface area contributed by atoms with Crippen molar-refractivity contribution < 1.29 is 26.3 Å². The summed E-state index contributed by atoms with van der Waals surface area (Å²) in [6.45, 7) is 0. The minimum atomic E-state index is -3.79. The number of sulfone groups is 1. The molecule has 0 fully saturated rings. The molecule has 136 valence electrons. The summed E-state index contributed by atoms with van der Waals surface area (Å²) >= 11 is 0. The van der Waals surface area contributed by atoms with Crippen molar-refractivity contribution in [3.8, 4) is 17.6 Å². The summed E-state index contributed by atoms with van der Waals surface area (Å²) in [7, 11) is -3.79. The molecule has 0 amide bonds. The van der Waals surface area contributed by atoms with E-state index in [1.54, 1.807) is 6.07 Å². The number of halogens is 3. The van der Waals surface area contributed by atoms with Crippen LogP contribution in [-0.4, -0.2) is 20.6 Å². The Bertz CT molecular complexity index is 1050. The second-order valence-corrected chi connectivity index (χ2v) is 8.02. The van der Waals surface area contributed by atoms with Crippen LogP contribution in [0.1, 0.15) is 22.7 Å². The summed E-state index contributed by atoms with van der Waals surface area (Å²) in [5.74, 6) is -4.21. The third-order valence-corrected chi connectivity index (χ3v) is 5.24. The Morgan fingerprint density at radius 2 is 2.00 bits per heavy atom. The maximum Gasteiger partial charge on any atom is 0.271 e. The molecule has 0 aliphatic heterocycles. The summed E-state index contributed by atoms with van der Waals surface area (Å²) in [6, 6.07) is 5.54. The van der Waals surface area contributed by atoms with Gasteiger partial charge in [-0.3, -0.25) is 0 Å². The van der Waals surface area contributed by atoms with Crippen molar-refractivity contribution in [2.75, 3.05) is 6.26 Å². The monoisotopic (exact) mass is 382 g/mol. The van der Waals surface area contributed by atoms with Crippen molar-refractivity contribution in [3.63, 3.8) is 0 Å². The number of nitrogens with two attached hydrogens (primary N) is 1. The van der Waals surface area contributed by atoms with E-state index < -0.39 is 34.0 Å². The Labute approximate surface area is 147 Å². The Morgan fingerprint density at radius 1 is 1.31 bits per heavy atom. The van der Waals surface area contributed by atoms with Gasteiger partial charge in [0.1, 0.15) is 17.3 Å². The molecule has 1 atom stereocenters. The van der Waals surface area contributed by atoms with Gasteiger partial charge in [-0.1, -0.05) is 0 Å². The number of hydrogen-bond donors (Lipinski definition) is 1. The zero-order valence-corrected chi connectivity index (χ0v) is 14.3. The third kappa shape index (κ3) is 3.13. The fraction of sp³-hybridized carbons (Fsp3) is 0.235. The topological polar surface area (TPSA) is 93.2 Å². The number of alkyl halides is 2. The Balaban J connectivity index is 2.15. The molecule has 1 aliphatic rings. The minimum Gasteiger partial charge on any atom is -0.457 e. The van der Waals surface area contributed by atoms with Crippen LogP contribution < -0.4 is 10.5 Å². The lowest BCUT2D eigenvalue weighted by atomic mass is 10.1. The summed E-state index contributed by atoms with van der Waals surface area (Å²) in [5.41, 5.74) is 5.32.